The van der Waals surface area contributed by atoms with Crippen LogP contribution >= 0.6 is 0 Å². The minimum absolute atomic E-state index is 0.323. The molecule has 1 N–H and O–H groups in total. The van der Waals surface area contributed by atoms with Crippen molar-refractivity contribution in [3.8, 4) is 0 Å². The number of ether oxygens (including phenoxy) is 1. The highest BCUT2D eigenvalue weighted by Gasteiger charge is 2.34. The molecule has 0 bridgehead atoms. The second kappa shape index (κ2) is 6.20. The monoisotopic (exact) mass is 240 g/mol. The molecule has 0 amide bonds. The molecule has 0 aromatic rings. The molecule has 0 aromatic heterocycles. The maximum Gasteiger partial charge on any atom is 0.309 e. The number of hydrogen-bond donors (Lipinski definition) is 1. The summed E-state index contributed by atoms with van der Waals surface area (Å²) in [6, 6.07) is 0. The zero-order chi connectivity index (χ0) is 12.9. The Bertz CT molecular complexity index is 296. The van der Waals surface area contributed by atoms with Crippen LogP contribution in [0.5, 0.6) is 0 Å². The van der Waals surface area contributed by atoms with E-state index in [2.05, 4.69) is 13.0 Å². The van der Waals surface area contributed by atoms with Gasteiger partial charge in [0.25, 0.3) is 0 Å². The van der Waals surface area contributed by atoms with Gasteiger partial charge in [0.1, 0.15) is 0 Å². The van der Waals surface area contributed by atoms with Gasteiger partial charge in [0, 0.05) is 7.11 Å². The number of carboxylic acid groups (broad SMARTS) is 1. The average Bonchev–Trinajstić information content (AvgIpc) is 2.31. The zero-order valence-corrected chi connectivity index (χ0v) is 11.2. The molecule has 1 aliphatic rings. The third kappa shape index (κ3) is 4.15. The molecule has 3 nitrogen and oxygen atoms in total. The molecule has 1 rings (SSSR count). The first kappa shape index (κ1) is 14.2. The van der Waals surface area contributed by atoms with Crippen molar-refractivity contribution in [1.82, 2.24) is 0 Å². The Morgan fingerprint density at radius 1 is 1.65 bits per heavy atom. The molecule has 0 radical (unpaired) electrons. The highest BCUT2D eigenvalue weighted by Crippen LogP contribution is 2.36. The predicted molar refractivity (Wildman–Crippen MR) is 68.0 cm³/mol. The molecule has 0 saturated heterocycles. The lowest BCUT2D eigenvalue weighted by molar-refractivity contribution is -0.148. The van der Waals surface area contributed by atoms with Crippen LogP contribution in [0, 0.1) is 5.41 Å². The van der Waals surface area contributed by atoms with Crippen molar-refractivity contribution in [2.24, 2.45) is 5.41 Å². The number of carboxylic acids is 1. The summed E-state index contributed by atoms with van der Waals surface area (Å²) in [5.41, 5.74) is 0.885. The van der Waals surface area contributed by atoms with E-state index in [-0.39, 0.29) is 0 Å². The van der Waals surface area contributed by atoms with Gasteiger partial charge in [-0.1, -0.05) is 11.6 Å². The molecule has 0 fully saturated rings. The summed E-state index contributed by atoms with van der Waals surface area (Å²) in [6.07, 6.45) is 8.13. The van der Waals surface area contributed by atoms with Crippen LogP contribution in [0.2, 0.25) is 0 Å². The summed E-state index contributed by atoms with van der Waals surface area (Å²) in [5.74, 6) is -0.666. The molecule has 1 aliphatic carbocycles. The van der Waals surface area contributed by atoms with Crippen LogP contribution in [0.1, 0.15) is 52.4 Å². The summed E-state index contributed by atoms with van der Waals surface area (Å²) in [5, 5.41) is 9.12. The maximum atomic E-state index is 11.1. The number of carbonyl (C=O) groups is 1. The van der Waals surface area contributed by atoms with Crippen LogP contribution in [0.3, 0.4) is 0 Å². The fourth-order valence-corrected chi connectivity index (χ4v) is 2.17. The van der Waals surface area contributed by atoms with E-state index in [0.29, 0.717) is 12.5 Å². The molecule has 0 spiro atoms. The topological polar surface area (TPSA) is 46.5 Å². The molecule has 98 valence electrons. The van der Waals surface area contributed by atoms with Crippen LogP contribution in [0.25, 0.3) is 0 Å². The third-order valence-corrected chi connectivity index (χ3v) is 3.87. The van der Waals surface area contributed by atoms with Crippen molar-refractivity contribution in [3.05, 3.63) is 11.6 Å². The number of rotatable bonds is 6. The molecular formula is C14H24O3. The molecule has 2 atom stereocenters. The molecule has 0 heterocycles. The Balaban J connectivity index is 2.34. The van der Waals surface area contributed by atoms with Crippen molar-refractivity contribution < 1.29 is 14.6 Å². The maximum absolute atomic E-state index is 11.1. The first-order valence-electron chi connectivity index (χ1n) is 6.42. The van der Waals surface area contributed by atoms with Crippen molar-refractivity contribution in [2.45, 2.75) is 58.5 Å². The molecule has 17 heavy (non-hydrogen) atoms. The fourth-order valence-electron chi connectivity index (χ4n) is 2.17. The Labute approximate surface area is 104 Å². The smallest absolute Gasteiger partial charge is 0.309 e. The highest BCUT2D eigenvalue weighted by atomic mass is 16.5. The van der Waals surface area contributed by atoms with E-state index in [1.807, 2.05) is 6.92 Å². The lowest BCUT2D eigenvalue weighted by atomic mass is 9.76. The average molecular weight is 240 g/mol. The molecule has 3 heteroatoms. The van der Waals surface area contributed by atoms with Gasteiger partial charge >= 0.3 is 5.97 Å². The Hall–Kier alpha value is -0.830. The van der Waals surface area contributed by atoms with Gasteiger partial charge in [-0.15, -0.1) is 0 Å². The van der Waals surface area contributed by atoms with E-state index in [0.717, 1.165) is 32.1 Å². The Morgan fingerprint density at radius 2 is 2.35 bits per heavy atom. The van der Waals surface area contributed by atoms with E-state index in [9.17, 15) is 4.79 Å². The fraction of sp³-hybridized carbons (Fsp3) is 0.786. The van der Waals surface area contributed by atoms with Gasteiger partial charge < -0.3 is 9.84 Å². The van der Waals surface area contributed by atoms with Gasteiger partial charge in [0.15, 0.2) is 0 Å². The van der Waals surface area contributed by atoms with Gasteiger partial charge in [-0.25, -0.2) is 0 Å². The van der Waals surface area contributed by atoms with E-state index >= 15 is 0 Å². The normalized spacial score (nSPS) is 26.4. The number of methoxy groups -OCH3 is 1. The van der Waals surface area contributed by atoms with Crippen LogP contribution < -0.4 is 0 Å². The Kier molecular flexibility index (Phi) is 5.19. The third-order valence-electron chi connectivity index (χ3n) is 3.87. The van der Waals surface area contributed by atoms with Crippen molar-refractivity contribution in [2.75, 3.05) is 7.11 Å². The summed E-state index contributed by atoms with van der Waals surface area (Å²) in [4.78, 5) is 11.1. The molecule has 0 aliphatic heterocycles. The SMILES string of the molecule is COC(C)CCCC1=CCC(C)(C(=O)O)CC1. The quantitative estimate of drug-likeness (QED) is 0.724. The van der Waals surface area contributed by atoms with Gasteiger partial charge in [0.2, 0.25) is 0 Å². The standard InChI is InChI=1S/C14H24O3/c1-11(17-3)5-4-6-12-7-9-14(2,10-8-12)13(15)16/h7,11H,4-6,8-10H2,1-3H3,(H,15,16). The van der Waals surface area contributed by atoms with Gasteiger partial charge in [-0.3, -0.25) is 4.79 Å². The van der Waals surface area contributed by atoms with E-state index in [1.165, 1.54) is 5.57 Å². The first-order valence-corrected chi connectivity index (χ1v) is 6.42. The van der Waals surface area contributed by atoms with E-state index in [1.54, 1.807) is 7.11 Å². The predicted octanol–water partition coefficient (Wildman–Crippen LogP) is 3.39. The summed E-state index contributed by atoms with van der Waals surface area (Å²) >= 11 is 0. The highest BCUT2D eigenvalue weighted by molar-refractivity contribution is 5.74. The van der Waals surface area contributed by atoms with Crippen molar-refractivity contribution in [3.63, 3.8) is 0 Å². The van der Waals surface area contributed by atoms with Crippen molar-refractivity contribution in [1.29, 1.82) is 0 Å². The second-order valence-corrected chi connectivity index (χ2v) is 5.37. The van der Waals surface area contributed by atoms with Gasteiger partial charge in [0.05, 0.1) is 11.5 Å². The van der Waals surface area contributed by atoms with Crippen molar-refractivity contribution >= 4 is 5.97 Å². The molecule has 0 saturated carbocycles. The minimum Gasteiger partial charge on any atom is -0.481 e. The van der Waals surface area contributed by atoms with E-state index in [4.69, 9.17) is 9.84 Å². The lowest BCUT2D eigenvalue weighted by Gasteiger charge is -2.28. The van der Waals surface area contributed by atoms with Gasteiger partial charge in [-0.2, -0.15) is 0 Å². The van der Waals surface area contributed by atoms with Gasteiger partial charge in [-0.05, 0) is 52.4 Å². The van der Waals surface area contributed by atoms with Crippen LogP contribution in [0.15, 0.2) is 11.6 Å². The van der Waals surface area contributed by atoms with Crippen LogP contribution in [0.4, 0.5) is 0 Å². The summed E-state index contributed by atoms with van der Waals surface area (Å²) in [6.45, 7) is 3.92. The molecular weight excluding hydrogens is 216 g/mol. The Morgan fingerprint density at radius 3 is 2.82 bits per heavy atom. The van der Waals surface area contributed by atoms with Crippen LogP contribution in [-0.2, 0) is 9.53 Å². The first-order chi connectivity index (χ1) is 7.98. The summed E-state index contributed by atoms with van der Waals surface area (Å²) < 4.78 is 5.21. The lowest BCUT2D eigenvalue weighted by Crippen LogP contribution is -2.29. The number of hydrogen-bond acceptors (Lipinski definition) is 2. The van der Waals surface area contributed by atoms with Crippen LogP contribution in [-0.4, -0.2) is 24.3 Å². The van der Waals surface area contributed by atoms with E-state index < -0.39 is 11.4 Å². The minimum atomic E-state index is -0.666. The summed E-state index contributed by atoms with van der Waals surface area (Å²) in [7, 11) is 1.74. The largest absolute Gasteiger partial charge is 0.481 e. The second-order valence-electron chi connectivity index (χ2n) is 5.37. The molecule has 0 aromatic carbocycles. The number of allylic oxidation sites excluding steroid dienone is 2. The zero-order valence-electron chi connectivity index (χ0n) is 11.2. The number of aliphatic carboxylic acids is 1. The molecule has 2 unspecified atom stereocenters.